The third kappa shape index (κ3) is 5.34. The average Bonchev–Trinajstić information content (AvgIpc) is 3.24. The first-order valence-electron chi connectivity index (χ1n) is 9.89. The Morgan fingerprint density at radius 3 is 2.52 bits per heavy atom. The van der Waals surface area contributed by atoms with Gasteiger partial charge in [-0.2, -0.15) is 0 Å². The molecule has 0 radical (unpaired) electrons. The zero-order chi connectivity index (χ0) is 20.2. The lowest BCUT2D eigenvalue weighted by Gasteiger charge is -2.41. The number of piperidine rings is 2. The number of hydrogen-bond donors (Lipinski definition) is 1. The molecule has 2 saturated heterocycles. The normalized spacial score (nSPS) is 19.3. The van der Waals surface area contributed by atoms with E-state index in [0.29, 0.717) is 21.8 Å². The standard InChI is InChI=1S/C20H24Cl2N4O2S/c21-17-2-1-14(13-18(17)22)24-19(27)26-8-3-15(4-9-26)25-10-5-16(6-11-25)28-20-23-7-12-29-20/h1-2,7,12-13,15-16H,3-6,8-11H2,(H,24,27). The summed E-state index contributed by atoms with van der Waals surface area (Å²) in [7, 11) is 0. The van der Waals surface area contributed by atoms with Crippen molar-refractivity contribution in [2.75, 3.05) is 31.5 Å². The van der Waals surface area contributed by atoms with Gasteiger partial charge in [0.25, 0.3) is 5.19 Å². The molecule has 2 aliphatic heterocycles. The molecule has 0 atom stereocenters. The number of anilines is 1. The van der Waals surface area contributed by atoms with Gasteiger partial charge in [-0.25, -0.2) is 9.78 Å². The number of thiazole rings is 1. The Morgan fingerprint density at radius 1 is 1.10 bits per heavy atom. The summed E-state index contributed by atoms with van der Waals surface area (Å²) in [6, 6.07) is 5.57. The van der Waals surface area contributed by atoms with Crippen molar-refractivity contribution in [3.63, 3.8) is 0 Å². The molecular weight excluding hydrogens is 431 g/mol. The Morgan fingerprint density at radius 2 is 1.86 bits per heavy atom. The zero-order valence-electron chi connectivity index (χ0n) is 16.0. The Balaban J connectivity index is 1.21. The van der Waals surface area contributed by atoms with Crippen LogP contribution < -0.4 is 10.1 Å². The van der Waals surface area contributed by atoms with E-state index in [9.17, 15) is 4.79 Å². The number of aromatic nitrogens is 1. The van der Waals surface area contributed by atoms with Crippen molar-refractivity contribution >= 4 is 46.3 Å². The topological polar surface area (TPSA) is 57.7 Å². The molecule has 0 unspecified atom stereocenters. The quantitative estimate of drug-likeness (QED) is 0.706. The van der Waals surface area contributed by atoms with Crippen molar-refractivity contribution < 1.29 is 9.53 Å². The largest absolute Gasteiger partial charge is 0.467 e. The van der Waals surface area contributed by atoms with E-state index in [4.69, 9.17) is 27.9 Å². The van der Waals surface area contributed by atoms with Crippen LogP contribution in [-0.4, -0.2) is 59.1 Å². The summed E-state index contributed by atoms with van der Waals surface area (Å²) >= 11 is 13.5. The van der Waals surface area contributed by atoms with Crippen molar-refractivity contribution in [1.82, 2.24) is 14.8 Å². The van der Waals surface area contributed by atoms with E-state index in [-0.39, 0.29) is 12.1 Å². The van der Waals surface area contributed by atoms with E-state index in [1.807, 2.05) is 10.3 Å². The molecule has 2 amide bonds. The van der Waals surface area contributed by atoms with E-state index in [2.05, 4.69) is 15.2 Å². The average molecular weight is 455 g/mol. The van der Waals surface area contributed by atoms with Crippen molar-refractivity contribution in [3.8, 4) is 5.19 Å². The van der Waals surface area contributed by atoms with Crippen LogP contribution in [0.1, 0.15) is 25.7 Å². The molecule has 1 aromatic carbocycles. The number of carbonyl (C=O) groups excluding carboxylic acids is 1. The van der Waals surface area contributed by atoms with E-state index in [1.54, 1.807) is 35.7 Å². The van der Waals surface area contributed by atoms with Crippen molar-refractivity contribution in [1.29, 1.82) is 0 Å². The van der Waals surface area contributed by atoms with Gasteiger partial charge >= 0.3 is 6.03 Å². The minimum Gasteiger partial charge on any atom is -0.467 e. The van der Waals surface area contributed by atoms with Gasteiger partial charge in [0.05, 0.1) is 10.0 Å². The first-order valence-corrected chi connectivity index (χ1v) is 11.5. The number of nitrogens with zero attached hydrogens (tertiary/aromatic N) is 3. The third-order valence-electron chi connectivity index (χ3n) is 5.59. The van der Waals surface area contributed by atoms with Gasteiger partial charge in [0.2, 0.25) is 0 Å². The second kappa shape index (κ2) is 9.51. The maximum Gasteiger partial charge on any atom is 0.321 e. The second-order valence-electron chi connectivity index (χ2n) is 7.43. The number of carbonyl (C=O) groups is 1. The van der Waals surface area contributed by atoms with Crippen LogP contribution in [0.5, 0.6) is 5.19 Å². The van der Waals surface area contributed by atoms with Gasteiger partial charge in [0, 0.05) is 49.5 Å². The van der Waals surface area contributed by atoms with Gasteiger partial charge in [-0.15, -0.1) is 0 Å². The molecule has 29 heavy (non-hydrogen) atoms. The lowest BCUT2D eigenvalue weighted by molar-refractivity contribution is 0.0544. The molecule has 3 heterocycles. The number of amides is 2. The Hall–Kier alpha value is -1.54. The summed E-state index contributed by atoms with van der Waals surface area (Å²) in [5.74, 6) is 0. The first kappa shape index (κ1) is 20.7. The van der Waals surface area contributed by atoms with Crippen LogP contribution in [0, 0.1) is 0 Å². The number of hydrogen-bond acceptors (Lipinski definition) is 5. The molecule has 2 fully saturated rings. The van der Waals surface area contributed by atoms with Crippen molar-refractivity contribution in [3.05, 3.63) is 39.8 Å². The van der Waals surface area contributed by atoms with Crippen molar-refractivity contribution in [2.45, 2.75) is 37.8 Å². The highest BCUT2D eigenvalue weighted by atomic mass is 35.5. The van der Waals surface area contributed by atoms with Gasteiger partial charge in [-0.05, 0) is 43.9 Å². The van der Waals surface area contributed by atoms with Gasteiger partial charge in [-0.3, -0.25) is 4.90 Å². The summed E-state index contributed by atoms with van der Waals surface area (Å²) in [6.45, 7) is 3.59. The molecule has 1 N–H and O–H groups in total. The SMILES string of the molecule is O=C(Nc1ccc(Cl)c(Cl)c1)N1CCC(N2CCC(Oc3nccs3)CC2)CC1. The van der Waals surface area contributed by atoms with Crippen LogP contribution in [0.2, 0.25) is 10.0 Å². The van der Waals surface area contributed by atoms with E-state index in [1.165, 1.54) is 0 Å². The van der Waals surface area contributed by atoms with E-state index in [0.717, 1.165) is 57.1 Å². The molecular formula is C20H24Cl2N4O2S. The highest BCUT2D eigenvalue weighted by molar-refractivity contribution is 7.11. The van der Waals surface area contributed by atoms with E-state index < -0.39 is 0 Å². The van der Waals surface area contributed by atoms with Gasteiger partial charge in [-0.1, -0.05) is 34.5 Å². The minimum atomic E-state index is -0.0857. The molecule has 0 spiro atoms. The van der Waals surface area contributed by atoms with Crippen LogP contribution in [0.3, 0.4) is 0 Å². The third-order valence-corrected chi connectivity index (χ3v) is 6.99. The number of halogens is 2. The van der Waals surface area contributed by atoms with Crippen LogP contribution in [0.25, 0.3) is 0 Å². The molecule has 9 heteroatoms. The fourth-order valence-electron chi connectivity index (χ4n) is 3.98. The van der Waals surface area contributed by atoms with E-state index >= 15 is 0 Å². The number of likely N-dealkylation sites (tertiary alicyclic amines) is 2. The first-order chi connectivity index (χ1) is 14.1. The number of rotatable bonds is 4. The van der Waals surface area contributed by atoms with Crippen LogP contribution in [0.15, 0.2) is 29.8 Å². The fourth-order valence-corrected chi connectivity index (χ4v) is 4.83. The fraction of sp³-hybridized carbons (Fsp3) is 0.500. The Bertz CT molecular complexity index is 820. The molecule has 4 rings (SSSR count). The van der Waals surface area contributed by atoms with Gasteiger partial charge in [0.1, 0.15) is 6.10 Å². The maximum absolute atomic E-state index is 12.5. The summed E-state index contributed by atoms with van der Waals surface area (Å²) in [4.78, 5) is 21.2. The second-order valence-corrected chi connectivity index (χ2v) is 9.10. The maximum atomic E-state index is 12.5. The molecule has 156 valence electrons. The zero-order valence-corrected chi connectivity index (χ0v) is 18.3. The lowest BCUT2D eigenvalue weighted by atomic mass is 9.99. The number of ether oxygens (including phenoxy) is 1. The molecule has 2 aliphatic rings. The van der Waals surface area contributed by atoms with Crippen LogP contribution in [0.4, 0.5) is 10.5 Å². The molecule has 0 bridgehead atoms. The Kier molecular flexibility index (Phi) is 6.80. The summed E-state index contributed by atoms with van der Waals surface area (Å²) in [5, 5.41) is 6.53. The number of nitrogens with one attached hydrogen (secondary N) is 1. The van der Waals surface area contributed by atoms with Crippen LogP contribution >= 0.6 is 34.5 Å². The molecule has 6 nitrogen and oxygen atoms in total. The Labute approximate surface area is 184 Å². The summed E-state index contributed by atoms with van der Waals surface area (Å²) < 4.78 is 5.95. The smallest absolute Gasteiger partial charge is 0.321 e. The highest BCUT2D eigenvalue weighted by Crippen LogP contribution is 2.27. The molecule has 1 aromatic heterocycles. The van der Waals surface area contributed by atoms with Gasteiger partial charge < -0.3 is 15.0 Å². The number of urea groups is 1. The monoisotopic (exact) mass is 454 g/mol. The lowest BCUT2D eigenvalue weighted by Crippen LogP contribution is -2.50. The number of benzene rings is 1. The predicted molar refractivity (Wildman–Crippen MR) is 117 cm³/mol. The molecule has 2 aromatic rings. The highest BCUT2D eigenvalue weighted by Gasteiger charge is 2.30. The molecule has 0 saturated carbocycles. The summed E-state index contributed by atoms with van der Waals surface area (Å²) in [5.41, 5.74) is 0.661. The predicted octanol–water partition coefficient (Wildman–Crippen LogP) is 4.99. The van der Waals surface area contributed by atoms with Crippen LogP contribution in [-0.2, 0) is 0 Å². The van der Waals surface area contributed by atoms with Crippen molar-refractivity contribution in [2.24, 2.45) is 0 Å². The minimum absolute atomic E-state index is 0.0857. The molecule has 0 aliphatic carbocycles. The van der Waals surface area contributed by atoms with Gasteiger partial charge in [0.15, 0.2) is 0 Å². The summed E-state index contributed by atoms with van der Waals surface area (Å²) in [6.07, 6.45) is 6.07.